The largest absolute Gasteiger partial charge is 0.270 e. The minimum absolute atomic E-state index is 0.330. The van der Waals surface area contributed by atoms with Gasteiger partial charge in [0.15, 0.2) is 11.0 Å². The standard InChI is InChI=1S/C18H15FN4S/c19-16-11-5-4-10-15(16)17-21-22-18(24-13-7-6-12-20)23(17)14-8-2-1-3-9-14/h1-5,8-11H,6-7,13H2. The van der Waals surface area contributed by atoms with E-state index in [1.807, 2.05) is 34.9 Å². The summed E-state index contributed by atoms with van der Waals surface area (Å²) >= 11 is 1.52. The van der Waals surface area contributed by atoms with Gasteiger partial charge < -0.3 is 0 Å². The molecule has 0 atom stereocenters. The van der Waals surface area contributed by atoms with Crippen molar-refractivity contribution in [1.29, 1.82) is 5.26 Å². The van der Waals surface area contributed by atoms with Gasteiger partial charge in [0, 0.05) is 17.9 Å². The third kappa shape index (κ3) is 3.47. The molecule has 4 nitrogen and oxygen atoms in total. The second-order valence-corrected chi connectivity index (χ2v) is 6.13. The molecule has 1 heterocycles. The number of hydrogen-bond donors (Lipinski definition) is 0. The summed E-state index contributed by atoms with van der Waals surface area (Å²) in [6.45, 7) is 0. The highest BCUT2D eigenvalue weighted by atomic mass is 32.2. The molecule has 0 saturated carbocycles. The lowest BCUT2D eigenvalue weighted by atomic mass is 10.2. The highest BCUT2D eigenvalue weighted by Gasteiger charge is 2.18. The molecule has 6 heteroatoms. The van der Waals surface area contributed by atoms with E-state index in [0.29, 0.717) is 23.0 Å². The summed E-state index contributed by atoms with van der Waals surface area (Å²) in [6.07, 6.45) is 1.28. The number of rotatable bonds is 6. The van der Waals surface area contributed by atoms with Crippen molar-refractivity contribution in [2.75, 3.05) is 5.75 Å². The SMILES string of the molecule is N#CCCCSc1nnc(-c2ccccc2F)n1-c1ccccc1. The van der Waals surface area contributed by atoms with E-state index in [1.54, 1.807) is 18.2 Å². The number of nitrogens with zero attached hydrogens (tertiary/aromatic N) is 4. The highest BCUT2D eigenvalue weighted by molar-refractivity contribution is 7.99. The Morgan fingerprint density at radius 2 is 1.79 bits per heavy atom. The van der Waals surface area contributed by atoms with Crippen LogP contribution in [0.1, 0.15) is 12.8 Å². The third-order valence-electron chi connectivity index (χ3n) is 3.43. The molecule has 24 heavy (non-hydrogen) atoms. The molecule has 0 saturated heterocycles. The van der Waals surface area contributed by atoms with Crippen LogP contribution in [0.5, 0.6) is 0 Å². The first kappa shape index (κ1) is 16.2. The minimum Gasteiger partial charge on any atom is -0.270 e. The van der Waals surface area contributed by atoms with Gasteiger partial charge in [0.05, 0.1) is 11.6 Å². The molecule has 3 rings (SSSR count). The summed E-state index contributed by atoms with van der Waals surface area (Å²) in [6, 6.07) is 18.3. The van der Waals surface area contributed by atoms with Crippen LogP contribution in [0.2, 0.25) is 0 Å². The molecule has 0 spiro atoms. The zero-order valence-electron chi connectivity index (χ0n) is 12.9. The first-order chi connectivity index (χ1) is 11.8. The molecule has 0 unspecified atom stereocenters. The Hall–Kier alpha value is -2.65. The van der Waals surface area contributed by atoms with Gasteiger partial charge in [-0.15, -0.1) is 10.2 Å². The number of benzene rings is 2. The van der Waals surface area contributed by atoms with Gasteiger partial charge in [-0.3, -0.25) is 4.57 Å². The fourth-order valence-corrected chi connectivity index (χ4v) is 3.20. The molecule has 0 bridgehead atoms. The Morgan fingerprint density at radius 3 is 2.54 bits per heavy atom. The summed E-state index contributed by atoms with van der Waals surface area (Å²) in [5.74, 6) is 0.903. The summed E-state index contributed by atoms with van der Waals surface area (Å²) < 4.78 is 16.1. The van der Waals surface area contributed by atoms with Crippen LogP contribution < -0.4 is 0 Å². The van der Waals surface area contributed by atoms with E-state index in [1.165, 1.54) is 17.8 Å². The fraction of sp³-hybridized carbons (Fsp3) is 0.167. The van der Waals surface area contributed by atoms with E-state index in [9.17, 15) is 4.39 Å². The normalized spacial score (nSPS) is 10.5. The van der Waals surface area contributed by atoms with Crippen molar-refractivity contribution in [3.8, 4) is 23.1 Å². The van der Waals surface area contributed by atoms with E-state index in [2.05, 4.69) is 16.3 Å². The van der Waals surface area contributed by atoms with Gasteiger partial charge >= 0.3 is 0 Å². The topological polar surface area (TPSA) is 54.5 Å². The van der Waals surface area contributed by atoms with Gasteiger partial charge in [-0.25, -0.2) is 4.39 Å². The van der Waals surface area contributed by atoms with Crippen LogP contribution in [0, 0.1) is 17.1 Å². The van der Waals surface area contributed by atoms with Crippen molar-refractivity contribution in [3.63, 3.8) is 0 Å². The summed E-state index contributed by atoms with van der Waals surface area (Å²) in [7, 11) is 0. The third-order valence-corrected chi connectivity index (χ3v) is 4.44. The van der Waals surface area contributed by atoms with E-state index in [-0.39, 0.29) is 5.82 Å². The lowest BCUT2D eigenvalue weighted by Gasteiger charge is -2.10. The maximum atomic E-state index is 14.2. The quantitative estimate of drug-likeness (QED) is 0.491. The number of para-hydroxylation sites is 1. The molecule has 0 N–H and O–H groups in total. The molecule has 0 fully saturated rings. The van der Waals surface area contributed by atoms with Crippen LogP contribution in [0.4, 0.5) is 4.39 Å². The molecule has 3 aromatic rings. The van der Waals surface area contributed by atoms with Crippen molar-refractivity contribution < 1.29 is 4.39 Å². The molecule has 0 amide bonds. The number of nitriles is 1. The van der Waals surface area contributed by atoms with Gasteiger partial charge in [0.2, 0.25) is 0 Å². The molecule has 120 valence electrons. The summed E-state index contributed by atoms with van der Waals surface area (Å²) in [5.41, 5.74) is 1.29. The Morgan fingerprint density at radius 1 is 1.04 bits per heavy atom. The van der Waals surface area contributed by atoms with E-state index < -0.39 is 0 Å². The van der Waals surface area contributed by atoms with E-state index >= 15 is 0 Å². The Labute approximate surface area is 144 Å². The average molecular weight is 338 g/mol. The Bertz CT molecular complexity index is 855. The second kappa shape index (κ2) is 7.75. The number of aromatic nitrogens is 3. The van der Waals surface area contributed by atoms with Crippen molar-refractivity contribution in [2.24, 2.45) is 0 Å². The predicted molar refractivity (Wildman–Crippen MR) is 92.3 cm³/mol. The molecule has 1 aromatic heterocycles. The minimum atomic E-state index is -0.330. The molecule has 0 aliphatic rings. The maximum Gasteiger partial charge on any atom is 0.196 e. The summed E-state index contributed by atoms with van der Waals surface area (Å²) in [5, 5.41) is 17.8. The molecule has 2 aromatic carbocycles. The Balaban J connectivity index is 2.02. The van der Waals surface area contributed by atoms with Gasteiger partial charge in [0.25, 0.3) is 0 Å². The van der Waals surface area contributed by atoms with Crippen molar-refractivity contribution in [2.45, 2.75) is 18.0 Å². The highest BCUT2D eigenvalue weighted by Crippen LogP contribution is 2.29. The van der Waals surface area contributed by atoms with Crippen LogP contribution in [0.25, 0.3) is 17.1 Å². The zero-order valence-corrected chi connectivity index (χ0v) is 13.7. The molecule has 0 aliphatic carbocycles. The smallest absolute Gasteiger partial charge is 0.196 e. The lowest BCUT2D eigenvalue weighted by Crippen LogP contribution is -2.00. The number of thioether (sulfide) groups is 1. The summed E-state index contributed by atoms with van der Waals surface area (Å²) in [4.78, 5) is 0. The molecule has 0 radical (unpaired) electrons. The maximum absolute atomic E-state index is 14.2. The van der Waals surface area contributed by atoms with Crippen molar-refractivity contribution in [3.05, 3.63) is 60.4 Å². The number of halogens is 1. The molecule has 0 aliphatic heterocycles. The molecular weight excluding hydrogens is 323 g/mol. The Kier molecular flexibility index (Phi) is 5.24. The molecular formula is C18H15FN4S. The van der Waals surface area contributed by atoms with Crippen LogP contribution >= 0.6 is 11.8 Å². The fourth-order valence-electron chi connectivity index (χ4n) is 2.30. The lowest BCUT2D eigenvalue weighted by molar-refractivity contribution is 0.629. The van der Waals surface area contributed by atoms with Gasteiger partial charge in [-0.1, -0.05) is 42.1 Å². The van der Waals surface area contributed by atoms with E-state index in [0.717, 1.165) is 17.9 Å². The van der Waals surface area contributed by atoms with Crippen LogP contribution in [-0.2, 0) is 0 Å². The van der Waals surface area contributed by atoms with Crippen LogP contribution in [-0.4, -0.2) is 20.5 Å². The second-order valence-electron chi connectivity index (χ2n) is 5.07. The first-order valence-electron chi connectivity index (χ1n) is 7.57. The van der Waals surface area contributed by atoms with Crippen molar-refractivity contribution >= 4 is 11.8 Å². The van der Waals surface area contributed by atoms with Gasteiger partial charge in [0.1, 0.15) is 5.82 Å². The first-order valence-corrected chi connectivity index (χ1v) is 8.55. The van der Waals surface area contributed by atoms with Gasteiger partial charge in [-0.05, 0) is 30.7 Å². The predicted octanol–water partition coefficient (Wildman–Crippen LogP) is 4.47. The number of hydrogen-bond acceptors (Lipinski definition) is 4. The van der Waals surface area contributed by atoms with Crippen molar-refractivity contribution in [1.82, 2.24) is 14.8 Å². The number of unbranched alkanes of at least 4 members (excludes halogenated alkanes) is 1. The van der Waals surface area contributed by atoms with Crippen LogP contribution in [0.3, 0.4) is 0 Å². The zero-order chi connectivity index (χ0) is 16.8. The average Bonchev–Trinajstić information content (AvgIpc) is 3.03. The monoisotopic (exact) mass is 338 g/mol. The van der Waals surface area contributed by atoms with Crippen LogP contribution in [0.15, 0.2) is 59.8 Å². The van der Waals surface area contributed by atoms with E-state index in [4.69, 9.17) is 5.26 Å². The van der Waals surface area contributed by atoms with Gasteiger partial charge in [-0.2, -0.15) is 5.26 Å².